The first-order chi connectivity index (χ1) is 18.8. The average Bonchev–Trinajstić information content (AvgIpc) is 2.93. The van der Waals surface area contributed by atoms with E-state index in [-0.39, 0.29) is 35.3 Å². The lowest BCUT2D eigenvalue weighted by atomic mass is 10.0. The van der Waals surface area contributed by atoms with Gasteiger partial charge in [-0.2, -0.15) is 4.98 Å². The van der Waals surface area contributed by atoms with Gasteiger partial charge in [0.05, 0.1) is 22.7 Å². The second kappa shape index (κ2) is 10.9. The number of nitro groups is 1. The van der Waals surface area contributed by atoms with E-state index in [2.05, 4.69) is 4.98 Å². The Kier molecular flexibility index (Phi) is 7.18. The van der Waals surface area contributed by atoms with Crippen molar-refractivity contribution in [3.05, 3.63) is 117 Å². The summed E-state index contributed by atoms with van der Waals surface area (Å²) in [6.45, 7) is 2.70. The lowest BCUT2D eigenvalue weighted by molar-refractivity contribution is -0.385. The van der Waals surface area contributed by atoms with Gasteiger partial charge in [-0.15, -0.1) is 0 Å². The van der Waals surface area contributed by atoms with Crippen molar-refractivity contribution in [2.24, 2.45) is 0 Å². The van der Waals surface area contributed by atoms with E-state index in [1.165, 1.54) is 18.2 Å². The Balaban J connectivity index is 1.48. The molecule has 0 aliphatic carbocycles. The molecular formula is C29H26FN5O4. The predicted octanol–water partition coefficient (Wildman–Crippen LogP) is 5.46. The van der Waals surface area contributed by atoms with Crippen LogP contribution >= 0.6 is 0 Å². The number of halogens is 1. The van der Waals surface area contributed by atoms with Crippen molar-refractivity contribution in [3.63, 3.8) is 0 Å². The summed E-state index contributed by atoms with van der Waals surface area (Å²) in [4.78, 5) is 37.2. The molecule has 1 amide bonds. The maximum absolute atomic E-state index is 13.9. The van der Waals surface area contributed by atoms with Crippen LogP contribution in [0.3, 0.4) is 0 Å². The minimum absolute atomic E-state index is 0.109. The number of hydrogen-bond acceptors (Lipinski definition) is 7. The number of rotatable bonds is 7. The molecule has 0 bridgehead atoms. The largest absolute Gasteiger partial charge is 0.438 e. The van der Waals surface area contributed by atoms with Gasteiger partial charge in [0.25, 0.3) is 11.6 Å². The summed E-state index contributed by atoms with van der Waals surface area (Å²) in [5.41, 5.74) is 3.01. The highest BCUT2D eigenvalue weighted by molar-refractivity contribution is 5.95. The smallest absolute Gasteiger partial charge is 0.273 e. The Hall–Kier alpha value is -4.86. The van der Waals surface area contributed by atoms with Gasteiger partial charge in [-0.3, -0.25) is 14.9 Å². The predicted molar refractivity (Wildman–Crippen MR) is 143 cm³/mol. The lowest BCUT2D eigenvalue weighted by Crippen LogP contribution is -2.37. The topological polar surface area (TPSA) is 102 Å². The number of nitro benzene ring substituents is 1. The fraction of sp³-hybridized carbons (Fsp3) is 0.207. The number of benzene rings is 3. The second-order valence-electron chi connectivity index (χ2n) is 9.39. The van der Waals surface area contributed by atoms with Gasteiger partial charge in [-0.25, -0.2) is 9.37 Å². The average molecular weight is 528 g/mol. The highest BCUT2D eigenvalue weighted by Crippen LogP contribution is 2.32. The van der Waals surface area contributed by atoms with Gasteiger partial charge < -0.3 is 14.5 Å². The van der Waals surface area contributed by atoms with Gasteiger partial charge in [-0.05, 0) is 30.7 Å². The standard InChI is InChI=1S/C29H26FN5O4/c1-19-11-12-21(15-26(19)35(37)38)28(36)34-14-13-25-24(18-34)27(39-23-10-6-9-22(30)16-23)32-29(31-25)33(2)17-20-7-4-3-5-8-20/h3-12,15-16H,13-14,17-18H2,1-2H3. The minimum Gasteiger partial charge on any atom is -0.438 e. The highest BCUT2D eigenvalue weighted by atomic mass is 19.1. The third-order valence-corrected chi connectivity index (χ3v) is 6.57. The fourth-order valence-electron chi connectivity index (χ4n) is 4.49. The van der Waals surface area contributed by atoms with Crippen molar-refractivity contribution in [1.82, 2.24) is 14.9 Å². The molecule has 0 unspecified atom stereocenters. The van der Waals surface area contributed by atoms with Crippen molar-refractivity contribution in [1.29, 1.82) is 0 Å². The molecule has 0 spiro atoms. The number of aromatic nitrogens is 2. The molecule has 9 nitrogen and oxygen atoms in total. The van der Waals surface area contributed by atoms with Crippen LogP contribution in [0.25, 0.3) is 0 Å². The van der Waals surface area contributed by atoms with Crippen LogP contribution in [-0.2, 0) is 19.5 Å². The van der Waals surface area contributed by atoms with E-state index in [4.69, 9.17) is 9.72 Å². The van der Waals surface area contributed by atoms with Crippen molar-refractivity contribution in [2.45, 2.75) is 26.4 Å². The summed E-state index contributed by atoms with van der Waals surface area (Å²) in [7, 11) is 1.88. The summed E-state index contributed by atoms with van der Waals surface area (Å²) in [5.74, 6) is 0.149. The Bertz CT molecular complexity index is 1550. The molecule has 0 saturated heterocycles. The summed E-state index contributed by atoms with van der Waals surface area (Å²) < 4.78 is 20.0. The Morgan fingerprint density at radius 3 is 2.64 bits per heavy atom. The molecule has 39 heavy (non-hydrogen) atoms. The van der Waals surface area contributed by atoms with Gasteiger partial charge in [0.1, 0.15) is 11.6 Å². The number of carbonyl (C=O) groups is 1. The molecule has 0 fully saturated rings. The van der Waals surface area contributed by atoms with Crippen molar-refractivity contribution in [2.75, 3.05) is 18.5 Å². The van der Waals surface area contributed by atoms with Gasteiger partial charge in [0, 0.05) is 49.8 Å². The monoisotopic (exact) mass is 527 g/mol. The number of anilines is 1. The molecule has 3 aromatic carbocycles. The number of nitrogens with zero attached hydrogens (tertiary/aromatic N) is 5. The van der Waals surface area contributed by atoms with E-state index in [0.717, 1.165) is 11.3 Å². The first-order valence-electron chi connectivity index (χ1n) is 12.4. The van der Waals surface area contributed by atoms with E-state index in [1.807, 2.05) is 42.3 Å². The maximum Gasteiger partial charge on any atom is 0.273 e. The molecule has 1 aliphatic heterocycles. The fourth-order valence-corrected chi connectivity index (χ4v) is 4.49. The molecule has 4 aromatic rings. The molecule has 0 N–H and O–H groups in total. The molecule has 2 heterocycles. The van der Waals surface area contributed by atoms with Crippen LogP contribution in [0.2, 0.25) is 0 Å². The maximum atomic E-state index is 13.9. The van der Waals surface area contributed by atoms with E-state index in [9.17, 15) is 19.3 Å². The van der Waals surface area contributed by atoms with Crippen LogP contribution in [-0.4, -0.2) is 39.3 Å². The van der Waals surface area contributed by atoms with Gasteiger partial charge in [-0.1, -0.05) is 42.5 Å². The van der Waals surface area contributed by atoms with Crippen molar-refractivity contribution < 1.29 is 18.8 Å². The molecule has 1 aliphatic rings. The summed E-state index contributed by atoms with van der Waals surface area (Å²) in [6.07, 6.45) is 0.434. The zero-order chi connectivity index (χ0) is 27.5. The third-order valence-electron chi connectivity index (χ3n) is 6.57. The zero-order valence-electron chi connectivity index (χ0n) is 21.5. The number of amides is 1. The second-order valence-corrected chi connectivity index (χ2v) is 9.39. The van der Waals surface area contributed by atoms with E-state index < -0.39 is 10.7 Å². The molecular weight excluding hydrogens is 501 g/mol. The molecule has 1 aromatic heterocycles. The number of fused-ring (bicyclic) bond motifs is 1. The highest BCUT2D eigenvalue weighted by Gasteiger charge is 2.29. The van der Waals surface area contributed by atoms with Gasteiger partial charge in [0.2, 0.25) is 11.8 Å². The Morgan fingerprint density at radius 1 is 1.10 bits per heavy atom. The van der Waals surface area contributed by atoms with Crippen LogP contribution in [0.1, 0.15) is 32.7 Å². The Labute approximate surface area is 224 Å². The van der Waals surface area contributed by atoms with Crippen LogP contribution in [0.15, 0.2) is 72.8 Å². The molecule has 5 rings (SSSR count). The van der Waals surface area contributed by atoms with Gasteiger partial charge >= 0.3 is 0 Å². The Morgan fingerprint density at radius 2 is 1.90 bits per heavy atom. The van der Waals surface area contributed by atoms with E-state index >= 15 is 0 Å². The number of aryl methyl sites for hydroxylation is 1. The minimum atomic E-state index is -0.496. The molecule has 0 radical (unpaired) electrons. The SMILES string of the molecule is Cc1ccc(C(=O)N2CCc3nc(N(C)Cc4ccccc4)nc(Oc4cccc(F)c4)c3C2)cc1[N+](=O)[O-]. The first kappa shape index (κ1) is 25.8. The summed E-state index contributed by atoms with van der Waals surface area (Å²) >= 11 is 0. The normalized spacial score (nSPS) is 12.5. The molecule has 10 heteroatoms. The van der Waals surface area contributed by atoms with Crippen LogP contribution in [0.4, 0.5) is 16.0 Å². The first-order valence-corrected chi connectivity index (χ1v) is 12.4. The molecule has 0 atom stereocenters. The number of ether oxygens (including phenoxy) is 1. The third kappa shape index (κ3) is 5.69. The lowest BCUT2D eigenvalue weighted by Gasteiger charge is -2.30. The van der Waals surface area contributed by atoms with Crippen LogP contribution in [0, 0.1) is 22.9 Å². The molecule has 198 valence electrons. The quantitative estimate of drug-likeness (QED) is 0.232. The molecule has 0 saturated carbocycles. The number of hydrogen-bond donors (Lipinski definition) is 0. The summed E-state index contributed by atoms with van der Waals surface area (Å²) in [6, 6.07) is 20.1. The summed E-state index contributed by atoms with van der Waals surface area (Å²) in [5, 5.41) is 11.4. The van der Waals surface area contributed by atoms with Crippen LogP contribution < -0.4 is 9.64 Å². The van der Waals surface area contributed by atoms with Crippen molar-refractivity contribution in [3.8, 4) is 11.6 Å². The zero-order valence-corrected chi connectivity index (χ0v) is 21.5. The van der Waals surface area contributed by atoms with E-state index in [0.29, 0.717) is 36.6 Å². The van der Waals surface area contributed by atoms with Crippen LogP contribution in [0.5, 0.6) is 11.6 Å². The van der Waals surface area contributed by atoms with Crippen molar-refractivity contribution >= 4 is 17.5 Å². The van der Waals surface area contributed by atoms with Gasteiger partial charge in [0.15, 0.2) is 0 Å². The van der Waals surface area contributed by atoms with E-state index in [1.54, 1.807) is 36.1 Å². The number of carbonyl (C=O) groups excluding carboxylic acids is 1.